The summed E-state index contributed by atoms with van der Waals surface area (Å²) < 4.78 is 82.3. The van der Waals surface area contributed by atoms with E-state index in [9.17, 15) is 55.1 Å². The molecule has 0 unspecified atom stereocenters. The van der Waals surface area contributed by atoms with Gasteiger partial charge in [-0.3, -0.25) is 32.7 Å². The first-order valence-electron chi connectivity index (χ1n) is 22.7. The van der Waals surface area contributed by atoms with Gasteiger partial charge in [0.05, 0.1) is 35.6 Å². The number of aromatic nitrogens is 16. The molecule has 0 bridgehead atoms. The molecule has 2 aliphatic rings. The van der Waals surface area contributed by atoms with Gasteiger partial charge in [-0.25, -0.2) is 64.2 Å². The van der Waals surface area contributed by atoms with Gasteiger partial charge in [0.1, 0.15) is 23.7 Å². The van der Waals surface area contributed by atoms with Crippen LogP contribution in [0.25, 0.3) is 45.1 Å². The molecule has 2 saturated heterocycles. The van der Waals surface area contributed by atoms with Gasteiger partial charge < -0.3 is 35.1 Å². The van der Waals surface area contributed by atoms with Crippen LogP contribution in [0.3, 0.4) is 0 Å². The van der Waals surface area contributed by atoms with E-state index in [1.165, 1.54) is 119 Å². The predicted octanol–water partition coefficient (Wildman–Crippen LogP) is 2.11. The Bertz CT molecular complexity index is 3780. The molecule has 412 valence electrons. The van der Waals surface area contributed by atoms with Crippen LogP contribution in [0.15, 0.2) is 81.1 Å². The topological polar surface area (TPSA) is 326 Å². The fraction of sp³-hybridized carbons (Fsp3) is 0.378. The Balaban J connectivity index is 0.000000186. The molecule has 0 radical (unpaired) electrons. The third-order valence-corrected chi connectivity index (χ3v) is 12.5. The van der Waals surface area contributed by atoms with Gasteiger partial charge in [-0.2, -0.15) is 26.3 Å². The molecule has 10 heterocycles. The third kappa shape index (κ3) is 11.1. The van der Waals surface area contributed by atoms with E-state index in [-0.39, 0.29) is 79.5 Å². The Hall–Kier alpha value is -9.46. The molecule has 2 atom stereocenters. The van der Waals surface area contributed by atoms with Crippen LogP contribution in [0.2, 0.25) is 0 Å². The zero-order valence-electron chi connectivity index (χ0n) is 41.2. The molecule has 0 spiro atoms. The maximum atomic E-state index is 13.0. The number of hydrogen-bond acceptors (Lipinski definition) is 19. The van der Waals surface area contributed by atoms with E-state index >= 15 is 0 Å². The SMILES string of the molecule is C.C[C@@H](C(=O)Nc1ccnc(-c2cnc(N3CC(C(F)(F)F)C3)nc2)n1)n1cnc2c1c(=O)n(C)c(=O)n2C.C[C@@H](C(=O)O)n1cnc2c1c(=O)n(C)c(=O)n2C.Nc1ccnc(-c2cnc(N3CC(C(F)(F)F)C3)nc2)n1. The highest BCUT2D eigenvalue weighted by atomic mass is 19.4. The van der Waals surface area contributed by atoms with Gasteiger partial charge in [0.15, 0.2) is 34.0 Å². The van der Waals surface area contributed by atoms with E-state index < -0.39 is 70.6 Å². The fourth-order valence-electron chi connectivity index (χ4n) is 7.77. The molecule has 8 aromatic rings. The number of alkyl halides is 6. The van der Waals surface area contributed by atoms with Gasteiger partial charge in [-0.05, 0) is 26.0 Å². The number of aliphatic carboxylic acids is 1. The number of amides is 1. The standard InChI is InChI=1S/C22H21F3N10O3.C12H11F3N6.C10H12N4O4.CH4/c1-11(35-10-29-17-15(35)19(37)33(3)21(38)32(17)2)18(36)31-14-4-5-26-16(30-14)12-6-27-20(28-7-12)34-8-13(9-34)22(23,24)25;13-12(14,15)8-5-21(6-8)11-18-3-7(4-19-11)10-17-2-1-9(16)20-10;1-5(9(16)17)14-4-11-7-6(14)8(15)13(3)10(18)12(7)2;/h4-7,10-11,13H,8-9H2,1-3H3,(H,26,30,31,36);1-4,8H,5-6H2,(H2,16,17,20);4-5H,1-3H3,(H,16,17);1H4/t11-;;5-;/m0.0./s1. The van der Waals surface area contributed by atoms with Gasteiger partial charge in [0, 0.05) is 91.6 Å². The van der Waals surface area contributed by atoms with Gasteiger partial charge in [-0.15, -0.1) is 0 Å². The Morgan fingerprint density at radius 3 is 1.41 bits per heavy atom. The molecule has 2 fully saturated rings. The van der Waals surface area contributed by atoms with Crippen LogP contribution in [0.4, 0.5) is 49.9 Å². The van der Waals surface area contributed by atoms with Crippen LogP contribution < -0.4 is 43.3 Å². The summed E-state index contributed by atoms with van der Waals surface area (Å²) in [5.41, 5.74) is 4.86. The van der Waals surface area contributed by atoms with Crippen molar-refractivity contribution in [2.75, 3.05) is 47.0 Å². The number of imidazole rings is 2. The van der Waals surface area contributed by atoms with Crippen molar-refractivity contribution < 1.29 is 41.0 Å². The number of nitrogens with zero attached hydrogens (tertiary/aromatic N) is 18. The van der Waals surface area contributed by atoms with Crippen LogP contribution >= 0.6 is 0 Å². The highest BCUT2D eigenvalue weighted by Gasteiger charge is 2.49. The molecule has 2 aliphatic heterocycles. The molecule has 0 saturated carbocycles. The molecule has 8 aromatic heterocycles. The van der Waals surface area contributed by atoms with Crippen LogP contribution in [0.1, 0.15) is 33.4 Å². The Labute approximate surface area is 434 Å². The molecule has 1 amide bonds. The quantitative estimate of drug-likeness (QED) is 0.174. The van der Waals surface area contributed by atoms with Crippen LogP contribution in [-0.2, 0) is 37.8 Å². The van der Waals surface area contributed by atoms with Crippen LogP contribution in [-0.4, -0.2) is 133 Å². The molecular formula is C45H48F6N20O7. The summed E-state index contributed by atoms with van der Waals surface area (Å²) in [7, 11) is 5.64. The number of aryl methyl sites for hydroxylation is 2. The highest BCUT2D eigenvalue weighted by Crippen LogP contribution is 2.36. The van der Waals surface area contributed by atoms with Crippen molar-refractivity contribution in [1.82, 2.24) is 77.2 Å². The zero-order chi connectivity index (χ0) is 56.0. The third-order valence-electron chi connectivity index (χ3n) is 12.5. The first kappa shape index (κ1) is 56.3. The van der Waals surface area contributed by atoms with Crippen molar-refractivity contribution in [3.05, 3.63) is 104 Å². The van der Waals surface area contributed by atoms with Gasteiger partial charge >= 0.3 is 29.7 Å². The molecule has 0 aliphatic carbocycles. The Morgan fingerprint density at radius 1 is 0.615 bits per heavy atom. The van der Waals surface area contributed by atoms with Gasteiger partial charge in [-0.1, -0.05) is 7.43 Å². The molecule has 78 heavy (non-hydrogen) atoms. The summed E-state index contributed by atoms with van der Waals surface area (Å²) in [6.45, 7) is 2.37. The van der Waals surface area contributed by atoms with E-state index in [1.54, 1.807) is 13.0 Å². The van der Waals surface area contributed by atoms with Crippen molar-refractivity contribution >= 4 is 57.7 Å². The second-order valence-electron chi connectivity index (χ2n) is 17.6. The van der Waals surface area contributed by atoms with Crippen LogP contribution in [0.5, 0.6) is 0 Å². The lowest BCUT2D eigenvalue weighted by Crippen LogP contribution is -2.54. The van der Waals surface area contributed by atoms with Crippen molar-refractivity contribution in [3.8, 4) is 22.8 Å². The van der Waals surface area contributed by atoms with Crippen LogP contribution in [0, 0.1) is 11.8 Å². The minimum atomic E-state index is -4.24. The fourth-order valence-corrected chi connectivity index (χ4v) is 7.77. The lowest BCUT2D eigenvalue weighted by Gasteiger charge is -2.39. The maximum Gasteiger partial charge on any atom is 0.395 e. The zero-order valence-corrected chi connectivity index (χ0v) is 41.2. The average Bonchev–Trinajstić information content (AvgIpc) is 4.05. The van der Waals surface area contributed by atoms with Crippen molar-refractivity contribution in [1.29, 1.82) is 0 Å². The van der Waals surface area contributed by atoms with E-state index in [1.807, 2.05) is 0 Å². The largest absolute Gasteiger partial charge is 0.480 e. The number of hydrogen-bond donors (Lipinski definition) is 3. The van der Waals surface area contributed by atoms with E-state index in [0.29, 0.717) is 22.8 Å². The molecule has 33 heteroatoms. The highest BCUT2D eigenvalue weighted by molar-refractivity contribution is 5.93. The van der Waals surface area contributed by atoms with E-state index in [4.69, 9.17) is 10.8 Å². The predicted molar refractivity (Wildman–Crippen MR) is 267 cm³/mol. The number of carbonyl (C=O) groups excluding carboxylic acids is 1. The second-order valence-corrected chi connectivity index (χ2v) is 17.6. The number of fused-ring (bicyclic) bond motifs is 2. The second kappa shape index (κ2) is 21.6. The Morgan fingerprint density at radius 2 is 1.01 bits per heavy atom. The number of nitrogens with two attached hydrogens (primary N) is 1. The monoisotopic (exact) mass is 1090 g/mol. The normalized spacial score (nSPS) is 14.5. The van der Waals surface area contributed by atoms with E-state index in [0.717, 1.165) is 9.13 Å². The van der Waals surface area contributed by atoms with E-state index in [2.05, 4.69) is 55.2 Å². The molecule has 0 aromatic carbocycles. The van der Waals surface area contributed by atoms with Crippen molar-refractivity contribution in [2.24, 2.45) is 40.0 Å². The number of carboxylic acids is 1. The number of nitrogens with one attached hydrogen (secondary N) is 1. The number of halogens is 6. The molecular weight excluding hydrogens is 1050 g/mol. The summed E-state index contributed by atoms with van der Waals surface area (Å²) in [6, 6.07) is 1.20. The Kier molecular flexibility index (Phi) is 15.6. The first-order valence-corrected chi connectivity index (χ1v) is 22.7. The van der Waals surface area contributed by atoms with Crippen molar-refractivity contribution in [2.45, 2.75) is 45.7 Å². The number of nitrogen functional groups attached to an aromatic ring is 1. The summed E-state index contributed by atoms with van der Waals surface area (Å²) in [5.74, 6) is -2.80. The lowest BCUT2D eigenvalue weighted by atomic mass is 10.0. The van der Waals surface area contributed by atoms with Gasteiger partial charge in [0.2, 0.25) is 17.8 Å². The minimum Gasteiger partial charge on any atom is -0.480 e. The van der Waals surface area contributed by atoms with Gasteiger partial charge in [0.25, 0.3) is 11.1 Å². The first-order chi connectivity index (χ1) is 36.2. The number of anilines is 4. The van der Waals surface area contributed by atoms with Crippen molar-refractivity contribution in [3.63, 3.8) is 0 Å². The molecule has 4 N–H and O–H groups in total. The summed E-state index contributed by atoms with van der Waals surface area (Å²) in [4.78, 5) is 116. The maximum absolute atomic E-state index is 13.0. The lowest BCUT2D eigenvalue weighted by molar-refractivity contribution is -0.181. The smallest absolute Gasteiger partial charge is 0.395 e. The minimum absolute atomic E-state index is 0. The number of carbonyl (C=O) groups is 2. The summed E-state index contributed by atoms with van der Waals surface area (Å²) in [5, 5.41) is 11.6. The molecule has 27 nitrogen and oxygen atoms in total. The summed E-state index contributed by atoms with van der Waals surface area (Å²) in [6.07, 6.45) is 2.81. The molecule has 10 rings (SSSR count). The average molecular weight is 1090 g/mol. The number of rotatable bonds is 9. The summed E-state index contributed by atoms with van der Waals surface area (Å²) >= 11 is 0. The number of carboxylic acid groups (broad SMARTS) is 1.